The number of benzene rings is 1. The minimum Gasteiger partial charge on any atom is -0.338 e. The third-order valence-corrected chi connectivity index (χ3v) is 5.34. The van der Waals surface area contributed by atoms with E-state index in [1.165, 1.54) is 12.1 Å². The Hall–Kier alpha value is -1.15. The molecule has 1 aliphatic heterocycles. The van der Waals surface area contributed by atoms with Gasteiger partial charge < -0.3 is 10.6 Å². The predicted octanol–water partition coefficient (Wildman–Crippen LogP) is 1.22. The summed E-state index contributed by atoms with van der Waals surface area (Å²) in [6.45, 7) is 5.38. The van der Waals surface area contributed by atoms with Crippen LogP contribution in [0.4, 0.5) is 0 Å². The van der Waals surface area contributed by atoms with Crippen molar-refractivity contribution in [2.45, 2.75) is 31.2 Å². The standard InChI is InChI=1S/C15H23N3O3S.ClH/c1-11(2)17-22(20,21)14-5-3-4-13(8-14)15(19)18-7-6-12(9-16)10-18;/h3-5,8,11-12,17H,6-7,9-10,16H2,1-2H3;1H. The Bertz CT molecular complexity index is 649. The number of nitrogens with one attached hydrogen (secondary N) is 1. The lowest BCUT2D eigenvalue weighted by molar-refractivity contribution is 0.0787. The molecule has 1 aliphatic rings. The van der Waals surface area contributed by atoms with E-state index in [0.29, 0.717) is 31.1 Å². The van der Waals surface area contributed by atoms with E-state index in [1.54, 1.807) is 30.9 Å². The van der Waals surface area contributed by atoms with E-state index in [-0.39, 0.29) is 29.3 Å². The zero-order valence-corrected chi connectivity index (χ0v) is 15.0. The van der Waals surface area contributed by atoms with Crippen LogP contribution in [0.15, 0.2) is 29.2 Å². The minimum absolute atomic E-state index is 0. The van der Waals surface area contributed by atoms with E-state index in [0.717, 1.165) is 6.42 Å². The van der Waals surface area contributed by atoms with Gasteiger partial charge in [0.1, 0.15) is 0 Å². The number of carbonyl (C=O) groups excluding carboxylic acids is 1. The van der Waals surface area contributed by atoms with Crippen LogP contribution in [0.3, 0.4) is 0 Å². The van der Waals surface area contributed by atoms with Gasteiger partial charge in [-0.15, -0.1) is 12.4 Å². The number of carbonyl (C=O) groups is 1. The highest BCUT2D eigenvalue weighted by atomic mass is 35.5. The molecule has 130 valence electrons. The number of likely N-dealkylation sites (tertiary alicyclic amines) is 1. The van der Waals surface area contributed by atoms with Crippen LogP contribution in [0.25, 0.3) is 0 Å². The third kappa shape index (κ3) is 4.91. The fourth-order valence-corrected chi connectivity index (χ4v) is 3.86. The van der Waals surface area contributed by atoms with Crippen molar-refractivity contribution in [3.63, 3.8) is 0 Å². The van der Waals surface area contributed by atoms with Gasteiger partial charge in [0.2, 0.25) is 10.0 Å². The van der Waals surface area contributed by atoms with Crippen molar-refractivity contribution in [3.05, 3.63) is 29.8 Å². The van der Waals surface area contributed by atoms with Crippen LogP contribution >= 0.6 is 12.4 Å². The second-order valence-corrected chi connectivity index (χ2v) is 7.66. The SMILES string of the molecule is CC(C)NS(=O)(=O)c1cccc(C(=O)N2CCC(CN)C2)c1.Cl. The fourth-order valence-electron chi connectivity index (χ4n) is 2.57. The second-order valence-electron chi connectivity index (χ2n) is 5.95. The van der Waals surface area contributed by atoms with Gasteiger partial charge in [-0.05, 0) is 50.9 Å². The van der Waals surface area contributed by atoms with Gasteiger partial charge in [-0.2, -0.15) is 0 Å². The Balaban J connectivity index is 0.00000264. The maximum Gasteiger partial charge on any atom is 0.253 e. The van der Waals surface area contributed by atoms with Crippen molar-refractivity contribution in [2.75, 3.05) is 19.6 Å². The monoisotopic (exact) mass is 361 g/mol. The summed E-state index contributed by atoms with van der Waals surface area (Å²) in [5.41, 5.74) is 6.03. The Morgan fingerprint density at radius 3 is 2.70 bits per heavy atom. The molecule has 1 atom stereocenters. The smallest absolute Gasteiger partial charge is 0.253 e. The lowest BCUT2D eigenvalue weighted by Gasteiger charge is -2.17. The summed E-state index contributed by atoms with van der Waals surface area (Å²) in [5, 5.41) is 0. The van der Waals surface area contributed by atoms with E-state index in [4.69, 9.17) is 5.73 Å². The number of amides is 1. The summed E-state index contributed by atoms with van der Waals surface area (Å²) < 4.78 is 26.9. The summed E-state index contributed by atoms with van der Waals surface area (Å²) in [5.74, 6) is 0.191. The molecule has 23 heavy (non-hydrogen) atoms. The predicted molar refractivity (Wildman–Crippen MR) is 92.2 cm³/mol. The van der Waals surface area contributed by atoms with E-state index in [2.05, 4.69) is 4.72 Å². The highest BCUT2D eigenvalue weighted by Crippen LogP contribution is 2.19. The number of hydrogen-bond donors (Lipinski definition) is 2. The highest BCUT2D eigenvalue weighted by molar-refractivity contribution is 7.89. The third-order valence-electron chi connectivity index (χ3n) is 3.69. The first-order valence-electron chi connectivity index (χ1n) is 7.45. The topological polar surface area (TPSA) is 92.5 Å². The van der Waals surface area contributed by atoms with Crippen molar-refractivity contribution in [2.24, 2.45) is 11.7 Å². The second kappa shape index (κ2) is 8.10. The van der Waals surface area contributed by atoms with Gasteiger partial charge in [0.25, 0.3) is 5.91 Å². The van der Waals surface area contributed by atoms with Crippen LogP contribution in [0.5, 0.6) is 0 Å². The van der Waals surface area contributed by atoms with Gasteiger partial charge in [-0.3, -0.25) is 4.79 Å². The molecule has 8 heteroatoms. The molecule has 1 unspecified atom stereocenters. The molecular formula is C15H24ClN3O3S. The molecule has 6 nitrogen and oxygen atoms in total. The van der Waals surface area contributed by atoms with E-state index >= 15 is 0 Å². The van der Waals surface area contributed by atoms with Crippen molar-refractivity contribution in [1.82, 2.24) is 9.62 Å². The maximum absolute atomic E-state index is 12.5. The lowest BCUT2D eigenvalue weighted by atomic mass is 10.1. The Morgan fingerprint density at radius 2 is 2.13 bits per heavy atom. The molecule has 1 fully saturated rings. The molecule has 0 aliphatic carbocycles. The van der Waals surface area contributed by atoms with Gasteiger partial charge in [0.15, 0.2) is 0 Å². The number of sulfonamides is 1. The van der Waals surface area contributed by atoms with Gasteiger partial charge in [-0.1, -0.05) is 6.07 Å². The average molecular weight is 362 g/mol. The number of halogens is 1. The summed E-state index contributed by atoms with van der Waals surface area (Å²) in [6, 6.07) is 5.97. The minimum atomic E-state index is -3.60. The summed E-state index contributed by atoms with van der Waals surface area (Å²) in [6.07, 6.45) is 0.898. The zero-order valence-electron chi connectivity index (χ0n) is 13.4. The van der Waals surface area contributed by atoms with Gasteiger partial charge in [-0.25, -0.2) is 13.1 Å². The van der Waals surface area contributed by atoms with Crippen LogP contribution in [-0.2, 0) is 10.0 Å². The van der Waals surface area contributed by atoms with Crippen LogP contribution in [0.2, 0.25) is 0 Å². The number of nitrogens with two attached hydrogens (primary N) is 1. The molecule has 3 N–H and O–H groups in total. The van der Waals surface area contributed by atoms with Gasteiger partial charge >= 0.3 is 0 Å². The van der Waals surface area contributed by atoms with E-state index in [1.807, 2.05) is 0 Å². The Morgan fingerprint density at radius 1 is 1.43 bits per heavy atom. The quantitative estimate of drug-likeness (QED) is 0.824. The molecular weight excluding hydrogens is 338 g/mol. The van der Waals surface area contributed by atoms with Crippen LogP contribution in [-0.4, -0.2) is 44.9 Å². The Labute approximate surface area is 143 Å². The first-order chi connectivity index (χ1) is 10.3. The highest BCUT2D eigenvalue weighted by Gasteiger charge is 2.26. The molecule has 1 amide bonds. The normalized spacial score (nSPS) is 18.1. The maximum atomic E-state index is 12.5. The van der Waals surface area contributed by atoms with Crippen molar-refractivity contribution >= 4 is 28.3 Å². The van der Waals surface area contributed by atoms with Crippen LogP contribution in [0.1, 0.15) is 30.6 Å². The van der Waals surface area contributed by atoms with Crippen molar-refractivity contribution < 1.29 is 13.2 Å². The van der Waals surface area contributed by atoms with Crippen LogP contribution in [0, 0.1) is 5.92 Å². The molecule has 0 aromatic heterocycles. The average Bonchev–Trinajstić information content (AvgIpc) is 2.94. The van der Waals surface area contributed by atoms with Crippen LogP contribution < -0.4 is 10.5 Å². The molecule has 0 radical (unpaired) electrons. The molecule has 1 heterocycles. The largest absolute Gasteiger partial charge is 0.338 e. The van der Waals surface area contributed by atoms with E-state index in [9.17, 15) is 13.2 Å². The lowest BCUT2D eigenvalue weighted by Crippen LogP contribution is -2.31. The molecule has 0 spiro atoms. The first kappa shape index (κ1) is 19.9. The van der Waals surface area contributed by atoms with Gasteiger partial charge in [0.05, 0.1) is 4.90 Å². The molecule has 1 saturated heterocycles. The summed E-state index contributed by atoms with van der Waals surface area (Å²) in [7, 11) is -3.60. The van der Waals surface area contributed by atoms with Gasteiger partial charge in [0, 0.05) is 24.7 Å². The number of hydrogen-bond acceptors (Lipinski definition) is 4. The van der Waals surface area contributed by atoms with Crippen molar-refractivity contribution in [1.29, 1.82) is 0 Å². The molecule has 1 aromatic carbocycles. The summed E-state index contributed by atoms with van der Waals surface area (Å²) >= 11 is 0. The molecule has 0 saturated carbocycles. The molecule has 2 rings (SSSR count). The first-order valence-corrected chi connectivity index (χ1v) is 8.93. The van der Waals surface area contributed by atoms with Crippen molar-refractivity contribution in [3.8, 4) is 0 Å². The zero-order chi connectivity index (χ0) is 16.3. The van der Waals surface area contributed by atoms with E-state index < -0.39 is 10.0 Å². The number of nitrogens with zero attached hydrogens (tertiary/aromatic N) is 1. The fraction of sp³-hybridized carbons (Fsp3) is 0.533. The molecule has 0 bridgehead atoms. The number of rotatable bonds is 5. The summed E-state index contributed by atoms with van der Waals surface area (Å²) in [4.78, 5) is 14.3. The molecule has 1 aromatic rings. The Kier molecular flexibility index (Phi) is 7.01.